The second kappa shape index (κ2) is 5.50. The minimum atomic E-state index is -0.197. The Morgan fingerprint density at radius 3 is 2.59 bits per heavy atom. The molecule has 1 unspecified atom stereocenters. The molecule has 0 aliphatic carbocycles. The molecule has 17 heavy (non-hydrogen) atoms. The molecule has 0 saturated heterocycles. The van der Waals surface area contributed by atoms with Gasteiger partial charge < -0.3 is 4.42 Å². The smallest absolute Gasteiger partial charge is 0.123 e. The van der Waals surface area contributed by atoms with E-state index in [0.717, 1.165) is 24.2 Å². The average Bonchev–Trinajstić information content (AvgIpc) is 2.80. The molecule has 1 atom stereocenters. The summed E-state index contributed by atoms with van der Waals surface area (Å²) in [6.07, 6.45) is 3.42. The Bertz CT molecular complexity index is 475. The van der Waals surface area contributed by atoms with Gasteiger partial charge >= 0.3 is 0 Å². The molecule has 0 aliphatic rings. The van der Waals surface area contributed by atoms with Crippen LogP contribution in [0.25, 0.3) is 0 Å². The molecule has 2 rings (SSSR count). The van der Waals surface area contributed by atoms with Crippen LogP contribution >= 0.6 is 15.9 Å². The van der Waals surface area contributed by atoms with E-state index in [2.05, 4.69) is 22.9 Å². The van der Waals surface area contributed by atoms with E-state index in [4.69, 9.17) is 4.42 Å². The lowest BCUT2D eigenvalue weighted by Crippen LogP contribution is -1.97. The first-order valence-electron chi connectivity index (χ1n) is 5.65. The molecule has 1 nitrogen and oxygen atoms in total. The van der Waals surface area contributed by atoms with Gasteiger partial charge in [-0.1, -0.05) is 35.0 Å². The Morgan fingerprint density at radius 2 is 1.94 bits per heavy atom. The van der Waals surface area contributed by atoms with Crippen molar-refractivity contribution in [2.24, 2.45) is 0 Å². The summed E-state index contributed by atoms with van der Waals surface area (Å²) in [6.45, 7) is 2.07. The Kier molecular flexibility index (Phi) is 4.00. The van der Waals surface area contributed by atoms with Crippen LogP contribution in [-0.2, 0) is 12.8 Å². The molecule has 3 heteroatoms. The van der Waals surface area contributed by atoms with Crippen molar-refractivity contribution in [3.63, 3.8) is 0 Å². The normalized spacial score (nSPS) is 12.6. The highest BCUT2D eigenvalue weighted by Crippen LogP contribution is 2.30. The first-order chi connectivity index (χ1) is 8.20. The van der Waals surface area contributed by atoms with Crippen molar-refractivity contribution in [1.29, 1.82) is 0 Å². The summed E-state index contributed by atoms with van der Waals surface area (Å²) in [4.78, 5) is 0.210. The van der Waals surface area contributed by atoms with E-state index < -0.39 is 0 Å². The van der Waals surface area contributed by atoms with Gasteiger partial charge in [0.2, 0.25) is 0 Å². The first-order valence-corrected chi connectivity index (χ1v) is 6.57. The number of aryl methyl sites for hydroxylation is 1. The lowest BCUT2D eigenvalue weighted by Gasteiger charge is -2.09. The second-order valence-electron chi connectivity index (χ2n) is 3.95. The Balaban J connectivity index is 2.11. The topological polar surface area (TPSA) is 13.1 Å². The Hall–Kier alpha value is -1.09. The molecule has 0 aliphatic heterocycles. The summed E-state index contributed by atoms with van der Waals surface area (Å²) in [5, 5.41) is 0. The molecule has 1 aromatic carbocycles. The van der Waals surface area contributed by atoms with Crippen LogP contribution in [0.15, 0.2) is 41.0 Å². The molecule has 1 heterocycles. The van der Waals surface area contributed by atoms with Gasteiger partial charge in [0.1, 0.15) is 11.6 Å². The number of rotatable bonds is 4. The van der Waals surface area contributed by atoms with Crippen LogP contribution in [0.3, 0.4) is 0 Å². The van der Waals surface area contributed by atoms with Gasteiger partial charge in [-0.3, -0.25) is 0 Å². The maximum absolute atomic E-state index is 12.8. The molecule has 0 saturated carbocycles. The molecule has 0 bridgehead atoms. The van der Waals surface area contributed by atoms with Crippen LogP contribution in [0.4, 0.5) is 4.39 Å². The highest BCUT2D eigenvalue weighted by Gasteiger charge is 2.14. The zero-order valence-electron chi connectivity index (χ0n) is 9.62. The number of furan rings is 1. The van der Waals surface area contributed by atoms with Gasteiger partial charge in [-0.15, -0.1) is 0 Å². The van der Waals surface area contributed by atoms with Crippen molar-refractivity contribution in [3.05, 3.63) is 59.3 Å². The van der Waals surface area contributed by atoms with Crippen molar-refractivity contribution in [1.82, 2.24) is 0 Å². The number of alkyl halides is 1. The van der Waals surface area contributed by atoms with Crippen LogP contribution < -0.4 is 0 Å². The molecular formula is C14H14BrFO. The van der Waals surface area contributed by atoms with Crippen LogP contribution in [-0.4, -0.2) is 0 Å². The fourth-order valence-electron chi connectivity index (χ4n) is 1.85. The summed E-state index contributed by atoms with van der Waals surface area (Å²) >= 11 is 3.66. The lowest BCUT2D eigenvalue weighted by atomic mass is 10.0. The zero-order valence-corrected chi connectivity index (χ0v) is 11.2. The van der Waals surface area contributed by atoms with Gasteiger partial charge in [-0.05, 0) is 30.2 Å². The predicted octanol–water partition coefficient (Wildman–Crippen LogP) is 4.66. The SMILES string of the molecule is CCc1occc1C(Br)Cc1ccc(F)cc1. The van der Waals surface area contributed by atoms with Crippen LogP contribution in [0.1, 0.15) is 28.6 Å². The summed E-state index contributed by atoms with van der Waals surface area (Å²) in [6, 6.07) is 8.60. The second-order valence-corrected chi connectivity index (χ2v) is 5.06. The van der Waals surface area contributed by atoms with E-state index in [0.29, 0.717) is 0 Å². The predicted molar refractivity (Wildman–Crippen MR) is 69.9 cm³/mol. The zero-order chi connectivity index (χ0) is 12.3. The third kappa shape index (κ3) is 2.97. The number of hydrogen-bond donors (Lipinski definition) is 0. The highest BCUT2D eigenvalue weighted by atomic mass is 79.9. The van der Waals surface area contributed by atoms with Crippen molar-refractivity contribution < 1.29 is 8.81 Å². The quantitative estimate of drug-likeness (QED) is 0.748. The molecule has 1 aromatic heterocycles. The molecule has 90 valence electrons. The van der Waals surface area contributed by atoms with E-state index >= 15 is 0 Å². The van der Waals surface area contributed by atoms with Crippen LogP contribution in [0.2, 0.25) is 0 Å². The standard InChI is InChI=1S/C14H14BrFO/c1-2-14-12(7-8-17-14)13(15)9-10-3-5-11(16)6-4-10/h3-8,13H,2,9H2,1H3. The first kappa shape index (κ1) is 12.4. The highest BCUT2D eigenvalue weighted by molar-refractivity contribution is 9.09. The largest absolute Gasteiger partial charge is 0.469 e. The summed E-state index contributed by atoms with van der Waals surface area (Å²) in [5.41, 5.74) is 2.29. The molecule has 0 radical (unpaired) electrons. The minimum absolute atomic E-state index is 0.197. The van der Waals surface area contributed by atoms with Crippen molar-refractivity contribution >= 4 is 15.9 Å². The monoisotopic (exact) mass is 296 g/mol. The summed E-state index contributed by atoms with van der Waals surface area (Å²) in [5.74, 6) is 0.811. The average molecular weight is 297 g/mol. The fraction of sp³-hybridized carbons (Fsp3) is 0.286. The van der Waals surface area contributed by atoms with E-state index in [1.807, 2.05) is 18.2 Å². The van der Waals surface area contributed by atoms with Crippen LogP contribution in [0, 0.1) is 5.82 Å². The maximum Gasteiger partial charge on any atom is 0.123 e. The van der Waals surface area contributed by atoms with E-state index in [1.54, 1.807) is 6.26 Å². The van der Waals surface area contributed by atoms with Crippen molar-refractivity contribution in [2.75, 3.05) is 0 Å². The number of benzene rings is 1. The van der Waals surface area contributed by atoms with E-state index in [1.165, 1.54) is 17.7 Å². The van der Waals surface area contributed by atoms with Gasteiger partial charge in [0.05, 0.1) is 6.26 Å². The number of halogens is 2. The third-order valence-electron chi connectivity index (χ3n) is 2.77. The lowest BCUT2D eigenvalue weighted by molar-refractivity contribution is 0.511. The van der Waals surface area contributed by atoms with E-state index in [-0.39, 0.29) is 10.6 Å². The molecule has 0 amide bonds. The Morgan fingerprint density at radius 1 is 1.24 bits per heavy atom. The van der Waals surface area contributed by atoms with Gasteiger partial charge in [0, 0.05) is 16.8 Å². The summed E-state index contributed by atoms with van der Waals surface area (Å²) in [7, 11) is 0. The van der Waals surface area contributed by atoms with Gasteiger partial charge in [0.25, 0.3) is 0 Å². The van der Waals surface area contributed by atoms with Crippen LogP contribution in [0.5, 0.6) is 0 Å². The van der Waals surface area contributed by atoms with E-state index in [9.17, 15) is 4.39 Å². The molecule has 2 aromatic rings. The van der Waals surface area contributed by atoms with Crippen molar-refractivity contribution in [3.8, 4) is 0 Å². The van der Waals surface area contributed by atoms with Crippen molar-refractivity contribution in [2.45, 2.75) is 24.6 Å². The van der Waals surface area contributed by atoms with Gasteiger partial charge in [-0.2, -0.15) is 0 Å². The molecule has 0 fully saturated rings. The maximum atomic E-state index is 12.8. The molecular weight excluding hydrogens is 283 g/mol. The molecule has 0 spiro atoms. The minimum Gasteiger partial charge on any atom is -0.469 e. The van der Waals surface area contributed by atoms with Gasteiger partial charge in [0.15, 0.2) is 0 Å². The molecule has 0 N–H and O–H groups in total. The summed E-state index contributed by atoms with van der Waals surface area (Å²) < 4.78 is 18.2. The Labute approximate surface area is 109 Å². The third-order valence-corrected chi connectivity index (χ3v) is 3.58. The van der Waals surface area contributed by atoms with Gasteiger partial charge in [-0.25, -0.2) is 4.39 Å². The fourth-order valence-corrected chi connectivity index (χ4v) is 2.64. The number of hydrogen-bond acceptors (Lipinski definition) is 1.